The van der Waals surface area contributed by atoms with Crippen molar-refractivity contribution in [2.45, 2.75) is 13.0 Å². The molecular formula is C18H19NO5. The summed E-state index contributed by atoms with van der Waals surface area (Å²) >= 11 is 0. The molecule has 2 aromatic carbocycles. The van der Waals surface area contributed by atoms with Gasteiger partial charge in [0.15, 0.2) is 12.7 Å². The molecule has 0 spiro atoms. The second-order valence-electron chi connectivity index (χ2n) is 4.96. The van der Waals surface area contributed by atoms with E-state index >= 15 is 0 Å². The van der Waals surface area contributed by atoms with Gasteiger partial charge in [-0.2, -0.15) is 0 Å². The quantitative estimate of drug-likeness (QED) is 0.791. The number of benzene rings is 2. The van der Waals surface area contributed by atoms with Gasteiger partial charge in [0.25, 0.3) is 5.91 Å². The van der Waals surface area contributed by atoms with Crippen LogP contribution in [0.4, 0.5) is 5.69 Å². The number of nitrogens with one attached hydrogen (secondary N) is 1. The van der Waals surface area contributed by atoms with E-state index in [4.69, 9.17) is 14.2 Å². The maximum absolute atomic E-state index is 11.8. The van der Waals surface area contributed by atoms with Gasteiger partial charge in [-0.3, -0.25) is 4.79 Å². The first-order chi connectivity index (χ1) is 11.6. The van der Waals surface area contributed by atoms with E-state index in [0.29, 0.717) is 17.2 Å². The molecule has 126 valence electrons. The molecule has 1 atom stereocenters. The fourth-order valence-electron chi connectivity index (χ4n) is 1.88. The lowest BCUT2D eigenvalue weighted by Crippen LogP contribution is -2.29. The Morgan fingerprint density at radius 1 is 1.00 bits per heavy atom. The molecule has 0 bridgehead atoms. The van der Waals surface area contributed by atoms with E-state index < -0.39 is 18.0 Å². The van der Waals surface area contributed by atoms with Crippen molar-refractivity contribution in [3.05, 3.63) is 54.6 Å². The number of hydrogen-bond donors (Lipinski definition) is 1. The van der Waals surface area contributed by atoms with Crippen LogP contribution >= 0.6 is 0 Å². The van der Waals surface area contributed by atoms with Gasteiger partial charge in [-0.15, -0.1) is 0 Å². The number of anilines is 1. The van der Waals surface area contributed by atoms with E-state index in [-0.39, 0.29) is 6.61 Å². The molecule has 0 aliphatic rings. The molecule has 0 saturated heterocycles. The van der Waals surface area contributed by atoms with Gasteiger partial charge in [-0.1, -0.05) is 18.2 Å². The summed E-state index contributed by atoms with van der Waals surface area (Å²) in [4.78, 5) is 23.6. The third-order valence-corrected chi connectivity index (χ3v) is 3.11. The molecule has 0 saturated carbocycles. The Kier molecular flexibility index (Phi) is 6.19. The molecule has 1 N–H and O–H groups in total. The molecule has 6 nitrogen and oxygen atoms in total. The zero-order valence-corrected chi connectivity index (χ0v) is 13.5. The van der Waals surface area contributed by atoms with Crippen LogP contribution in [0.2, 0.25) is 0 Å². The van der Waals surface area contributed by atoms with Crippen molar-refractivity contribution < 1.29 is 23.8 Å². The number of carbonyl (C=O) groups excluding carboxylic acids is 2. The lowest BCUT2D eigenvalue weighted by molar-refractivity contribution is -0.153. The molecule has 24 heavy (non-hydrogen) atoms. The van der Waals surface area contributed by atoms with E-state index in [2.05, 4.69) is 5.32 Å². The smallest absolute Gasteiger partial charge is 0.347 e. The van der Waals surface area contributed by atoms with Gasteiger partial charge in [0, 0.05) is 5.69 Å². The maximum Gasteiger partial charge on any atom is 0.347 e. The molecule has 0 aromatic heterocycles. The van der Waals surface area contributed by atoms with Crippen molar-refractivity contribution in [3.63, 3.8) is 0 Å². The van der Waals surface area contributed by atoms with Crippen molar-refractivity contribution in [2.24, 2.45) is 0 Å². The number of para-hydroxylation sites is 1. The molecule has 6 heteroatoms. The minimum absolute atomic E-state index is 0.382. The van der Waals surface area contributed by atoms with Crippen LogP contribution < -0.4 is 14.8 Å². The zero-order valence-electron chi connectivity index (χ0n) is 13.5. The van der Waals surface area contributed by atoms with E-state index in [9.17, 15) is 9.59 Å². The Morgan fingerprint density at radius 3 is 2.29 bits per heavy atom. The summed E-state index contributed by atoms with van der Waals surface area (Å²) in [6.07, 6.45) is -0.804. The Balaban J connectivity index is 1.76. The fourth-order valence-corrected chi connectivity index (χ4v) is 1.88. The number of hydrogen-bond acceptors (Lipinski definition) is 5. The molecule has 2 rings (SSSR count). The van der Waals surface area contributed by atoms with Gasteiger partial charge in [0.05, 0.1) is 7.11 Å². The Morgan fingerprint density at radius 2 is 1.67 bits per heavy atom. The predicted octanol–water partition coefficient (Wildman–Crippen LogP) is 2.64. The van der Waals surface area contributed by atoms with Gasteiger partial charge in [-0.05, 0) is 43.3 Å². The average molecular weight is 329 g/mol. The van der Waals surface area contributed by atoms with E-state index in [1.54, 1.807) is 62.6 Å². The normalized spacial score (nSPS) is 11.2. The number of methoxy groups -OCH3 is 1. The van der Waals surface area contributed by atoms with E-state index in [0.717, 1.165) is 0 Å². The van der Waals surface area contributed by atoms with Crippen molar-refractivity contribution in [2.75, 3.05) is 19.0 Å². The highest BCUT2D eigenvalue weighted by atomic mass is 16.6. The van der Waals surface area contributed by atoms with E-state index in [1.807, 2.05) is 6.07 Å². The number of esters is 1. The second-order valence-corrected chi connectivity index (χ2v) is 4.96. The van der Waals surface area contributed by atoms with Crippen LogP contribution in [-0.2, 0) is 14.3 Å². The molecule has 0 aliphatic heterocycles. The highest BCUT2D eigenvalue weighted by Gasteiger charge is 2.17. The lowest BCUT2D eigenvalue weighted by Gasteiger charge is -2.14. The molecule has 0 radical (unpaired) electrons. The van der Waals surface area contributed by atoms with Gasteiger partial charge < -0.3 is 19.5 Å². The van der Waals surface area contributed by atoms with E-state index in [1.165, 1.54) is 0 Å². The summed E-state index contributed by atoms with van der Waals surface area (Å²) in [5.41, 5.74) is 0.588. The molecule has 2 aromatic rings. The largest absolute Gasteiger partial charge is 0.497 e. The molecule has 0 heterocycles. The summed E-state index contributed by atoms with van der Waals surface area (Å²) in [5.74, 6) is 0.208. The molecule has 0 fully saturated rings. The van der Waals surface area contributed by atoms with Crippen molar-refractivity contribution in [1.29, 1.82) is 0 Å². The third-order valence-electron chi connectivity index (χ3n) is 3.11. The first-order valence-corrected chi connectivity index (χ1v) is 7.40. The monoisotopic (exact) mass is 329 g/mol. The number of ether oxygens (including phenoxy) is 3. The van der Waals surface area contributed by atoms with Crippen LogP contribution in [0.1, 0.15) is 6.92 Å². The van der Waals surface area contributed by atoms with Gasteiger partial charge in [0.1, 0.15) is 11.5 Å². The first-order valence-electron chi connectivity index (χ1n) is 7.40. The minimum Gasteiger partial charge on any atom is -0.497 e. The molecule has 1 amide bonds. The Labute approximate surface area is 140 Å². The van der Waals surface area contributed by atoms with Crippen LogP contribution in [0.5, 0.6) is 11.5 Å². The Bertz CT molecular complexity index is 670. The van der Waals surface area contributed by atoms with Crippen LogP contribution in [-0.4, -0.2) is 31.7 Å². The summed E-state index contributed by atoms with van der Waals surface area (Å²) in [6.45, 7) is 1.18. The number of rotatable bonds is 7. The van der Waals surface area contributed by atoms with Gasteiger partial charge in [-0.25, -0.2) is 4.79 Å². The predicted molar refractivity (Wildman–Crippen MR) is 89.1 cm³/mol. The SMILES string of the molecule is COc1ccc(NC(=O)COC(=O)[C@@H](C)Oc2ccccc2)cc1. The average Bonchev–Trinajstić information content (AvgIpc) is 2.61. The number of amides is 1. The topological polar surface area (TPSA) is 73.9 Å². The van der Waals surface area contributed by atoms with Crippen molar-refractivity contribution >= 4 is 17.6 Å². The minimum atomic E-state index is -0.804. The second kappa shape index (κ2) is 8.57. The lowest BCUT2D eigenvalue weighted by atomic mass is 10.3. The highest BCUT2D eigenvalue weighted by molar-refractivity contribution is 5.93. The van der Waals surface area contributed by atoms with Crippen molar-refractivity contribution in [3.8, 4) is 11.5 Å². The first kappa shape index (κ1) is 17.3. The highest BCUT2D eigenvalue weighted by Crippen LogP contribution is 2.15. The summed E-state index contributed by atoms with van der Waals surface area (Å²) in [5, 5.41) is 2.62. The third kappa shape index (κ3) is 5.31. The van der Waals surface area contributed by atoms with Crippen LogP contribution in [0.3, 0.4) is 0 Å². The standard InChI is InChI=1S/C18H19NO5/c1-13(24-16-6-4-3-5-7-16)18(21)23-12-17(20)19-14-8-10-15(22-2)11-9-14/h3-11,13H,12H2,1-2H3,(H,19,20)/t13-/m1/s1. The molecular weight excluding hydrogens is 310 g/mol. The van der Waals surface area contributed by atoms with Crippen LogP contribution in [0.15, 0.2) is 54.6 Å². The van der Waals surface area contributed by atoms with Crippen LogP contribution in [0.25, 0.3) is 0 Å². The van der Waals surface area contributed by atoms with Gasteiger partial charge >= 0.3 is 5.97 Å². The number of carbonyl (C=O) groups is 2. The molecule has 0 aliphatic carbocycles. The maximum atomic E-state index is 11.8. The summed E-state index contributed by atoms with van der Waals surface area (Å²) < 4.78 is 15.4. The molecule has 0 unspecified atom stereocenters. The van der Waals surface area contributed by atoms with Crippen molar-refractivity contribution in [1.82, 2.24) is 0 Å². The van der Waals surface area contributed by atoms with Gasteiger partial charge in [0.2, 0.25) is 0 Å². The fraction of sp³-hybridized carbons (Fsp3) is 0.222. The summed E-state index contributed by atoms with van der Waals surface area (Å²) in [6, 6.07) is 15.7. The Hall–Kier alpha value is -3.02. The zero-order chi connectivity index (χ0) is 17.4. The summed E-state index contributed by atoms with van der Waals surface area (Å²) in [7, 11) is 1.56. The van der Waals surface area contributed by atoms with Crippen LogP contribution in [0, 0.1) is 0 Å².